The van der Waals surface area contributed by atoms with Gasteiger partial charge in [-0.05, 0) is 43.4 Å². The summed E-state index contributed by atoms with van der Waals surface area (Å²) in [5.74, 6) is -4.18. The lowest BCUT2D eigenvalue weighted by Gasteiger charge is -2.43. The molecule has 40 heavy (non-hydrogen) atoms. The van der Waals surface area contributed by atoms with Gasteiger partial charge in [-0.2, -0.15) is 13.2 Å². The molecular formula is C27H33F5N6O2. The Labute approximate surface area is 229 Å². The predicted octanol–water partition coefficient (Wildman–Crippen LogP) is 4.72. The lowest BCUT2D eigenvalue weighted by Crippen LogP contribution is -2.59. The highest BCUT2D eigenvalue weighted by Crippen LogP contribution is 2.35. The van der Waals surface area contributed by atoms with Crippen LogP contribution in [0.15, 0.2) is 53.1 Å². The molecule has 3 rings (SSSR count). The van der Waals surface area contributed by atoms with Crippen molar-refractivity contribution in [3.8, 4) is 5.75 Å². The maximum atomic E-state index is 14.7. The van der Waals surface area contributed by atoms with Crippen LogP contribution in [0.25, 0.3) is 5.57 Å². The normalized spacial score (nSPS) is 25.2. The Kier molecular flexibility index (Phi) is 10.0. The number of aliphatic imine (C=N–C) groups is 1. The number of hydrogen-bond acceptors (Lipinski definition) is 7. The van der Waals surface area contributed by atoms with Crippen LogP contribution >= 0.6 is 0 Å². The van der Waals surface area contributed by atoms with E-state index in [4.69, 9.17) is 10.1 Å². The monoisotopic (exact) mass is 568 g/mol. The molecule has 0 radical (unpaired) electrons. The Morgan fingerprint density at radius 2 is 2.00 bits per heavy atom. The van der Waals surface area contributed by atoms with Crippen molar-refractivity contribution in [2.24, 2.45) is 10.9 Å². The van der Waals surface area contributed by atoms with Crippen LogP contribution < -0.4 is 15.4 Å². The molecule has 2 aliphatic rings. The molecule has 218 valence electrons. The molecule has 1 fully saturated rings. The van der Waals surface area contributed by atoms with E-state index in [-0.39, 0.29) is 30.1 Å². The van der Waals surface area contributed by atoms with Crippen molar-refractivity contribution in [2.75, 3.05) is 27.2 Å². The van der Waals surface area contributed by atoms with Gasteiger partial charge >= 0.3 is 6.18 Å². The number of piperidine rings is 1. The molecule has 0 aliphatic carbocycles. The van der Waals surface area contributed by atoms with Crippen molar-refractivity contribution in [1.29, 1.82) is 5.41 Å². The van der Waals surface area contributed by atoms with Crippen molar-refractivity contribution in [2.45, 2.75) is 50.7 Å². The van der Waals surface area contributed by atoms with Crippen molar-refractivity contribution >= 4 is 23.4 Å². The predicted molar refractivity (Wildman–Crippen MR) is 142 cm³/mol. The second-order valence-corrected chi connectivity index (χ2v) is 9.66. The van der Waals surface area contributed by atoms with E-state index in [9.17, 15) is 26.7 Å². The quantitative estimate of drug-likeness (QED) is 0.311. The molecule has 2 aliphatic heterocycles. The Bertz CT molecular complexity index is 1190. The molecule has 13 heteroatoms. The lowest BCUT2D eigenvalue weighted by atomic mass is 9.87. The van der Waals surface area contributed by atoms with E-state index in [0.29, 0.717) is 18.6 Å². The minimum atomic E-state index is -4.55. The second-order valence-electron chi connectivity index (χ2n) is 9.66. The summed E-state index contributed by atoms with van der Waals surface area (Å²) in [4.78, 5) is 22.7. The molecule has 0 spiro atoms. The van der Waals surface area contributed by atoms with Crippen molar-refractivity contribution in [1.82, 2.24) is 20.5 Å². The number of carbonyl (C=O) groups is 1. The van der Waals surface area contributed by atoms with Gasteiger partial charge in [0.05, 0.1) is 37.2 Å². The third-order valence-electron chi connectivity index (χ3n) is 6.63. The zero-order valence-electron chi connectivity index (χ0n) is 22.5. The van der Waals surface area contributed by atoms with E-state index in [0.717, 1.165) is 17.2 Å². The smallest absolute Gasteiger partial charge is 0.417 e. The molecule has 8 nitrogen and oxygen atoms in total. The van der Waals surface area contributed by atoms with Gasteiger partial charge in [0, 0.05) is 38.0 Å². The van der Waals surface area contributed by atoms with E-state index in [1.165, 1.54) is 19.5 Å². The summed E-state index contributed by atoms with van der Waals surface area (Å²) in [6.07, 6.45) is 2.38. The summed E-state index contributed by atoms with van der Waals surface area (Å²) in [5.41, 5.74) is -1.05. The van der Waals surface area contributed by atoms with Crippen molar-refractivity contribution in [3.63, 3.8) is 0 Å². The number of pyridine rings is 1. The first-order valence-corrected chi connectivity index (χ1v) is 12.8. The van der Waals surface area contributed by atoms with Crippen molar-refractivity contribution in [3.05, 3.63) is 53.8 Å². The van der Waals surface area contributed by atoms with E-state index >= 15 is 0 Å². The largest absolute Gasteiger partial charge is 0.495 e. The number of aromatic nitrogens is 1. The summed E-state index contributed by atoms with van der Waals surface area (Å²) >= 11 is 0. The van der Waals surface area contributed by atoms with E-state index in [2.05, 4.69) is 20.6 Å². The number of methoxy groups -OCH3 is 1. The number of amides is 1. The van der Waals surface area contributed by atoms with Crippen LogP contribution in [0.2, 0.25) is 0 Å². The van der Waals surface area contributed by atoms with Crippen LogP contribution in [-0.4, -0.2) is 73.1 Å². The molecule has 1 aromatic heterocycles. The molecule has 3 heterocycles. The number of nitrogens with one attached hydrogen (secondary N) is 3. The summed E-state index contributed by atoms with van der Waals surface area (Å²) in [7, 11) is 3.03. The van der Waals surface area contributed by atoms with Crippen LogP contribution in [0, 0.1) is 11.3 Å². The zero-order chi connectivity index (χ0) is 29.5. The molecular weight excluding hydrogens is 535 g/mol. The van der Waals surface area contributed by atoms with Gasteiger partial charge in [-0.1, -0.05) is 13.0 Å². The average Bonchev–Trinajstić information content (AvgIpc) is 3.02. The molecule has 1 aromatic rings. The maximum Gasteiger partial charge on any atom is 0.417 e. The van der Waals surface area contributed by atoms with Gasteiger partial charge in [-0.3, -0.25) is 15.2 Å². The average molecular weight is 569 g/mol. The fourth-order valence-corrected chi connectivity index (χ4v) is 4.59. The molecule has 1 unspecified atom stereocenters. The fourth-order valence-electron chi connectivity index (χ4n) is 4.59. The molecule has 0 saturated carbocycles. The second kappa shape index (κ2) is 13.1. The highest BCUT2D eigenvalue weighted by molar-refractivity contribution is 6.54. The number of alkyl halides is 5. The third kappa shape index (κ3) is 7.89. The SMILES string of the molecule is CN/C=C(\C(=N)C(=O)N1CC(F)(F)C[C@@H](C)C1CNC1=C/CCC/C=C(C(F)(F)F)/C=N\1)c1ccc(OC)cn1. The molecule has 3 N–H and O–H groups in total. The number of allylic oxidation sites excluding steroid dienone is 3. The number of halogens is 5. The first kappa shape index (κ1) is 30.8. The van der Waals surface area contributed by atoms with Gasteiger partial charge in [-0.25, -0.2) is 13.8 Å². The highest BCUT2D eigenvalue weighted by Gasteiger charge is 2.47. The lowest BCUT2D eigenvalue weighted by molar-refractivity contribution is -0.145. The van der Waals surface area contributed by atoms with Gasteiger partial charge in [-0.15, -0.1) is 0 Å². The number of nitrogens with zero attached hydrogens (tertiary/aromatic N) is 3. The fraction of sp³-hybridized carbons (Fsp3) is 0.481. The van der Waals surface area contributed by atoms with Gasteiger partial charge in [0.2, 0.25) is 0 Å². The van der Waals surface area contributed by atoms with Crippen LogP contribution in [-0.2, 0) is 4.79 Å². The number of rotatable bonds is 8. The number of carbonyl (C=O) groups excluding carboxylic acids is 1. The maximum absolute atomic E-state index is 14.7. The van der Waals surface area contributed by atoms with Crippen LogP contribution in [0.5, 0.6) is 5.75 Å². The zero-order valence-corrected chi connectivity index (χ0v) is 22.5. The van der Waals surface area contributed by atoms with Crippen LogP contribution in [0.4, 0.5) is 22.0 Å². The van der Waals surface area contributed by atoms with Crippen LogP contribution in [0.3, 0.4) is 0 Å². The standard InChI is InChI=1S/C27H33F5N6O2/c1-17-11-26(28,29)16-38(25(39)24(33)20(14-34-2)21-10-9-19(40-3)13-35-21)22(17)15-37-23-8-6-4-5-7-18(12-36-23)27(30,31)32/h7-10,12-14,17,22,33-34,37H,4-6,11,15-16H2,1-3H3/b18-7-,20-14-,23-8+,33-24?,36-12-/t17-,22?/m1/s1. The first-order chi connectivity index (χ1) is 18.9. The first-order valence-electron chi connectivity index (χ1n) is 12.8. The molecule has 0 bridgehead atoms. The van der Waals surface area contributed by atoms with Gasteiger partial charge in [0.1, 0.15) is 17.3 Å². The van der Waals surface area contributed by atoms with Gasteiger partial charge < -0.3 is 20.3 Å². The van der Waals surface area contributed by atoms with E-state index in [1.807, 2.05) is 0 Å². The summed E-state index contributed by atoms with van der Waals surface area (Å²) < 4.78 is 74.2. The topological polar surface area (TPSA) is 103 Å². The molecule has 1 saturated heterocycles. The number of ether oxygens (including phenoxy) is 1. The molecule has 0 aromatic carbocycles. The van der Waals surface area contributed by atoms with Crippen molar-refractivity contribution < 1.29 is 31.5 Å². The minimum absolute atomic E-state index is 0.0453. The van der Waals surface area contributed by atoms with E-state index in [1.54, 1.807) is 32.2 Å². The molecule has 2 atom stereocenters. The van der Waals surface area contributed by atoms with Crippen LogP contribution in [0.1, 0.15) is 38.3 Å². The Morgan fingerprint density at radius 3 is 2.62 bits per heavy atom. The number of likely N-dealkylation sites (tertiary alicyclic amines) is 1. The molecule has 1 amide bonds. The Morgan fingerprint density at radius 1 is 1.27 bits per heavy atom. The Hall–Kier alpha value is -3.77. The van der Waals surface area contributed by atoms with Gasteiger partial charge in [0.15, 0.2) is 0 Å². The number of hydrogen-bond donors (Lipinski definition) is 3. The summed E-state index contributed by atoms with van der Waals surface area (Å²) in [5, 5.41) is 14.3. The summed E-state index contributed by atoms with van der Waals surface area (Å²) in [6, 6.07) is 2.36. The highest BCUT2D eigenvalue weighted by atomic mass is 19.4. The third-order valence-corrected chi connectivity index (χ3v) is 6.63. The summed E-state index contributed by atoms with van der Waals surface area (Å²) in [6.45, 7) is 0.622. The van der Waals surface area contributed by atoms with E-state index < -0.39 is 54.2 Å². The van der Waals surface area contributed by atoms with Gasteiger partial charge in [0.25, 0.3) is 11.8 Å². The minimum Gasteiger partial charge on any atom is -0.495 e. The Balaban J connectivity index is 1.85.